The Bertz CT molecular complexity index is 215. The van der Waals surface area contributed by atoms with Crippen LogP contribution >= 0.6 is 0 Å². The number of likely N-dealkylation sites (tertiary alicyclic amines) is 1. The maximum absolute atomic E-state index is 11.4. The molecule has 1 fully saturated rings. The van der Waals surface area contributed by atoms with Crippen molar-refractivity contribution >= 4 is 11.8 Å². The van der Waals surface area contributed by atoms with E-state index in [1.165, 1.54) is 4.90 Å². The number of rotatable bonds is 4. The Hall–Kier alpha value is -0.900. The minimum atomic E-state index is -0.151. The summed E-state index contributed by atoms with van der Waals surface area (Å²) in [5.41, 5.74) is 0. The van der Waals surface area contributed by atoms with Crippen molar-refractivity contribution in [2.75, 3.05) is 13.2 Å². The number of unbranched alkanes of at least 4 members (excludes halogenated alkanes) is 1. The van der Waals surface area contributed by atoms with Crippen LogP contribution < -0.4 is 0 Å². The average Bonchev–Trinajstić information content (AvgIpc) is 2.32. The first-order chi connectivity index (χ1) is 6.16. The molecule has 0 saturated carbocycles. The van der Waals surface area contributed by atoms with Gasteiger partial charge in [0.2, 0.25) is 11.8 Å². The second-order valence-electron chi connectivity index (χ2n) is 3.42. The second-order valence-corrected chi connectivity index (χ2v) is 3.42. The highest BCUT2D eigenvalue weighted by molar-refractivity contribution is 6.03. The molecular weight excluding hydrogens is 170 g/mol. The topological polar surface area (TPSA) is 57.6 Å². The van der Waals surface area contributed by atoms with Crippen LogP contribution in [0, 0.1) is 5.92 Å². The zero-order valence-corrected chi connectivity index (χ0v) is 7.82. The predicted molar refractivity (Wildman–Crippen MR) is 46.8 cm³/mol. The van der Waals surface area contributed by atoms with Crippen LogP contribution in [0.15, 0.2) is 0 Å². The van der Waals surface area contributed by atoms with Gasteiger partial charge in [0.15, 0.2) is 0 Å². The Morgan fingerprint density at radius 1 is 1.46 bits per heavy atom. The van der Waals surface area contributed by atoms with Gasteiger partial charge in [0.05, 0.1) is 0 Å². The first kappa shape index (κ1) is 10.2. The van der Waals surface area contributed by atoms with E-state index in [1.807, 2.05) is 0 Å². The van der Waals surface area contributed by atoms with E-state index in [2.05, 4.69) is 0 Å². The largest absolute Gasteiger partial charge is 0.396 e. The highest BCUT2D eigenvalue weighted by atomic mass is 16.3. The number of amides is 2. The summed E-state index contributed by atoms with van der Waals surface area (Å²) in [4.78, 5) is 23.9. The van der Waals surface area contributed by atoms with Crippen molar-refractivity contribution in [2.24, 2.45) is 5.92 Å². The van der Waals surface area contributed by atoms with Crippen molar-refractivity contribution < 1.29 is 14.7 Å². The minimum absolute atomic E-state index is 0.0667. The number of carbonyl (C=O) groups excluding carboxylic acids is 2. The lowest BCUT2D eigenvalue weighted by Crippen LogP contribution is -2.31. The lowest BCUT2D eigenvalue weighted by Gasteiger charge is -2.13. The van der Waals surface area contributed by atoms with Crippen molar-refractivity contribution in [3.8, 4) is 0 Å². The SMILES string of the molecule is CC1CC(=O)N(CCCCO)C1=O. The van der Waals surface area contributed by atoms with E-state index in [0.717, 1.165) is 0 Å². The highest BCUT2D eigenvalue weighted by Crippen LogP contribution is 2.18. The highest BCUT2D eigenvalue weighted by Gasteiger charge is 2.34. The molecule has 2 amide bonds. The van der Waals surface area contributed by atoms with Gasteiger partial charge in [0.1, 0.15) is 0 Å². The summed E-state index contributed by atoms with van der Waals surface area (Å²) in [6.07, 6.45) is 1.68. The van der Waals surface area contributed by atoms with E-state index >= 15 is 0 Å². The predicted octanol–water partition coefficient (Wildman–Crippen LogP) is 0.154. The number of hydrogen-bond acceptors (Lipinski definition) is 3. The fraction of sp³-hybridized carbons (Fsp3) is 0.778. The molecule has 74 valence electrons. The number of aliphatic hydroxyl groups is 1. The summed E-state index contributed by atoms with van der Waals surface area (Å²) < 4.78 is 0. The van der Waals surface area contributed by atoms with Gasteiger partial charge in [-0.25, -0.2) is 0 Å². The third kappa shape index (κ3) is 2.28. The molecule has 1 aliphatic heterocycles. The molecule has 0 radical (unpaired) electrons. The van der Waals surface area contributed by atoms with Gasteiger partial charge in [-0.15, -0.1) is 0 Å². The Labute approximate surface area is 77.5 Å². The van der Waals surface area contributed by atoms with Crippen molar-refractivity contribution in [3.63, 3.8) is 0 Å². The summed E-state index contributed by atoms with van der Waals surface area (Å²) in [6.45, 7) is 2.35. The van der Waals surface area contributed by atoms with Gasteiger partial charge >= 0.3 is 0 Å². The van der Waals surface area contributed by atoms with E-state index in [9.17, 15) is 9.59 Å². The maximum atomic E-state index is 11.4. The van der Waals surface area contributed by atoms with Crippen LogP contribution in [0.3, 0.4) is 0 Å². The molecule has 0 spiro atoms. The molecule has 0 bridgehead atoms. The van der Waals surface area contributed by atoms with Crippen molar-refractivity contribution in [3.05, 3.63) is 0 Å². The molecule has 1 heterocycles. The second kappa shape index (κ2) is 4.37. The van der Waals surface area contributed by atoms with Gasteiger partial charge in [-0.05, 0) is 12.8 Å². The molecule has 1 atom stereocenters. The van der Waals surface area contributed by atoms with E-state index < -0.39 is 0 Å². The molecule has 1 unspecified atom stereocenters. The normalized spacial score (nSPS) is 22.9. The minimum Gasteiger partial charge on any atom is -0.396 e. The van der Waals surface area contributed by atoms with Gasteiger partial charge in [-0.2, -0.15) is 0 Å². The smallest absolute Gasteiger partial charge is 0.232 e. The van der Waals surface area contributed by atoms with Crippen molar-refractivity contribution in [1.82, 2.24) is 4.90 Å². The first-order valence-corrected chi connectivity index (χ1v) is 4.62. The molecule has 0 aromatic carbocycles. The average molecular weight is 185 g/mol. The number of nitrogens with zero attached hydrogens (tertiary/aromatic N) is 1. The monoisotopic (exact) mass is 185 g/mol. The van der Waals surface area contributed by atoms with E-state index in [0.29, 0.717) is 25.8 Å². The third-order valence-electron chi connectivity index (χ3n) is 2.26. The lowest BCUT2D eigenvalue weighted by atomic mass is 10.1. The van der Waals surface area contributed by atoms with E-state index in [-0.39, 0.29) is 24.3 Å². The van der Waals surface area contributed by atoms with E-state index in [1.54, 1.807) is 6.92 Å². The Morgan fingerprint density at radius 2 is 2.15 bits per heavy atom. The van der Waals surface area contributed by atoms with Crippen LogP contribution in [-0.4, -0.2) is 35.0 Å². The maximum Gasteiger partial charge on any atom is 0.232 e. The Morgan fingerprint density at radius 3 is 2.62 bits per heavy atom. The van der Waals surface area contributed by atoms with Crippen molar-refractivity contribution in [1.29, 1.82) is 0 Å². The summed E-state index contributed by atoms with van der Waals surface area (Å²) in [6, 6.07) is 0. The first-order valence-electron chi connectivity index (χ1n) is 4.62. The van der Waals surface area contributed by atoms with Gasteiger partial charge in [-0.1, -0.05) is 6.92 Å². The van der Waals surface area contributed by atoms with Crippen LogP contribution in [0.1, 0.15) is 26.2 Å². The van der Waals surface area contributed by atoms with Gasteiger partial charge in [-0.3, -0.25) is 14.5 Å². The summed E-state index contributed by atoms with van der Waals surface area (Å²) in [7, 11) is 0. The third-order valence-corrected chi connectivity index (χ3v) is 2.26. The molecule has 1 rings (SSSR count). The fourth-order valence-corrected chi connectivity index (χ4v) is 1.46. The molecule has 0 aromatic heterocycles. The number of imide groups is 1. The summed E-state index contributed by atoms with van der Waals surface area (Å²) >= 11 is 0. The van der Waals surface area contributed by atoms with Gasteiger partial charge < -0.3 is 5.11 Å². The zero-order chi connectivity index (χ0) is 9.84. The lowest BCUT2D eigenvalue weighted by molar-refractivity contribution is -0.139. The fourth-order valence-electron chi connectivity index (χ4n) is 1.46. The standard InChI is InChI=1S/C9H15NO3/c1-7-6-8(12)10(9(7)13)4-2-3-5-11/h7,11H,2-6H2,1H3. The van der Waals surface area contributed by atoms with Crippen LogP contribution in [-0.2, 0) is 9.59 Å². The Balaban J connectivity index is 2.40. The van der Waals surface area contributed by atoms with E-state index in [4.69, 9.17) is 5.11 Å². The summed E-state index contributed by atoms with van der Waals surface area (Å²) in [5.74, 6) is -0.292. The Kier molecular flexibility index (Phi) is 3.42. The van der Waals surface area contributed by atoms with Crippen LogP contribution in [0.25, 0.3) is 0 Å². The van der Waals surface area contributed by atoms with Crippen LogP contribution in [0.4, 0.5) is 0 Å². The number of hydrogen-bond donors (Lipinski definition) is 1. The molecule has 1 saturated heterocycles. The summed E-state index contributed by atoms with van der Waals surface area (Å²) in [5, 5.41) is 8.54. The molecule has 0 aliphatic carbocycles. The van der Waals surface area contributed by atoms with Gasteiger partial charge in [0.25, 0.3) is 0 Å². The van der Waals surface area contributed by atoms with Gasteiger partial charge in [0, 0.05) is 25.5 Å². The van der Waals surface area contributed by atoms with Crippen LogP contribution in [0.5, 0.6) is 0 Å². The molecule has 4 nitrogen and oxygen atoms in total. The molecule has 1 N–H and O–H groups in total. The number of aliphatic hydroxyl groups excluding tert-OH is 1. The van der Waals surface area contributed by atoms with Crippen molar-refractivity contribution in [2.45, 2.75) is 26.2 Å². The molecule has 13 heavy (non-hydrogen) atoms. The number of carbonyl (C=O) groups is 2. The molecular formula is C9H15NO3. The quantitative estimate of drug-likeness (QED) is 0.501. The van der Waals surface area contributed by atoms with Crippen LogP contribution in [0.2, 0.25) is 0 Å². The molecule has 1 aliphatic rings. The zero-order valence-electron chi connectivity index (χ0n) is 7.82. The molecule has 4 heteroatoms. The molecule has 0 aromatic rings.